The molecule has 2 rings (SSSR count). The SMILES string of the molecule is CCCCC(Cc1c[nH]c2ccc(F)cc12)NC. The van der Waals surface area contributed by atoms with Gasteiger partial charge in [0.1, 0.15) is 5.82 Å². The molecule has 0 bridgehead atoms. The summed E-state index contributed by atoms with van der Waals surface area (Å²) in [6.45, 7) is 2.20. The molecule has 3 heteroatoms. The lowest BCUT2D eigenvalue weighted by molar-refractivity contribution is 0.499. The van der Waals surface area contributed by atoms with Crippen molar-refractivity contribution in [1.29, 1.82) is 0 Å². The van der Waals surface area contributed by atoms with Gasteiger partial charge in [0.25, 0.3) is 0 Å². The predicted octanol–water partition coefficient (Wildman–Crippen LogP) is 3.63. The maximum Gasteiger partial charge on any atom is 0.123 e. The summed E-state index contributed by atoms with van der Waals surface area (Å²) < 4.78 is 13.3. The Balaban J connectivity index is 2.17. The third-order valence-electron chi connectivity index (χ3n) is 3.51. The molecule has 0 spiro atoms. The van der Waals surface area contributed by atoms with Crippen LogP contribution in [0.5, 0.6) is 0 Å². The van der Waals surface area contributed by atoms with Crippen molar-refractivity contribution >= 4 is 10.9 Å². The second-order valence-corrected chi connectivity index (χ2v) is 4.84. The Morgan fingerprint density at radius 1 is 1.39 bits per heavy atom. The molecule has 0 radical (unpaired) electrons. The Bertz CT molecular complexity index is 504. The van der Waals surface area contributed by atoms with E-state index in [-0.39, 0.29) is 5.82 Å². The van der Waals surface area contributed by atoms with Crippen LogP contribution in [0.25, 0.3) is 10.9 Å². The van der Waals surface area contributed by atoms with E-state index in [2.05, 4.69) is 17.2 Å². The second-order valence-electron chi connectivity index (χ2n) is 4.84. The maximum atomic E-state index is 13.3. The maximum absolute atomic E-state index is 13.3. The van der Waals surface area contributed by atoms with Crippen LogP contribution in [0.3, 0.4) is 0 Å². The van der Waals surface area contributed by atoms with Crippen molar-refractivity contribution < 1.29 is 4.39 Å². The number of nitrogens with one attached hydrogen (secondary N) is 2. The van der Waals surface area contributed by atoms with Crippen molar-refractivity contribution in [2.45, 2.75) is 38.6 Å². The molecule has 0 fully saturated rings. The molecule has 1 aromatic heterocycles. The normalized spacial score (nSPS) is 13.1. The number of aromatic nitrogens is 1. The number of hydrogen-bond donors (Lipinski definition) is 2. The molecule has 1 aromatic carbocycles. The molecule has 0 aliphatic rings. The number of likely N-dealkylation sites (N-methyl/N-ethyl adjacent to an activating group) is 1. The van der Waals surface area contributed by atoms with Gasteiger partial charge in [0.05, 0.1) is 0 Å². The van der Waals surface area contributed by atoms with Gasteiger partial charge in [0.15, 0.2) is 0 Å². The number of fused-ring (bicyclic) bond motifs is 1. The van der Waals surface area contributed by atoms with Crippen LogP contribution in [0, 0.1) is 5.82 Å². The second kappa shape index (κ2) is 6.01. The molecule has 0 saturated carbocycles. The number of rotatable bonds is 6. The van der Waals surface area contributed by atoms with Crippen LogP contribution in [0.4, 0.5) is 4.39 Å². The molecular weight excluding hydrogens is 227 g/mol. The van der Waals surface area contributed by atoms with Gasteiger partial charge in [-0.1, -0.05) is 19.8 Å². The standard InChI is InChI=1S/C15H21FN2/c1-3-4-5-13(17-2)8-11-10-18-15-7-6-12(16)9-14(11)15/h6-7,9-10,13,17-18H,3-5,8H2,1-2H3. The van der Waals surface area contributed by atoms with Gasteiger partial charge in [-0.2, -0.15) is 0 Å². The van der Waals surface area contributed by atoms with Gasteiger partial charge in [-0.25, -0.2) is 4.39 Å². The van der Waals surface area contributed by atoms with E-state index in [4.69, 9.17) is 0 Å². The average molecular weight is 248 g/mol. The van der Waals surface area contributed by atoms with Crippen LogP contribution in [0.2, 0.25) is 0 Å². The molecule has 0 aliphatic heterocycles. The van der Waals surface area contributed by atoms with Gasteiger partial charge in [-0.15, -0.1) is 0 Å². The number of benzene rings is 1. The first-order valence-electron chi connectivity index (χ1n) is 6.67. The fraction of sp³-hybridized carbons (Fsp3) is 0.467. The quantitative estimate of drug-likeness (QED) is 0.802. The number of H-pyrrole nitrogens is 1. The minimum absolute atomic E-state index is 0.169. The zero-order valence-electron chi connectivity index (χ0n) is 11.1. The summed E-state index contributed by atoms with van der Waals surface area (Å²) in [4.78, 5) is 3.21. The molecule has 0 amide bonds. The first-order valence-corrected chi connectivity index (χ1v) is 6.67. The molecule has 0 saturated heterocycles. The lowest BCUT2D eigenvalue weighted by Gasteiger charge is -2.15. The summed E-state index contributed by atoms with van der Waals surface area (Å²) in [5.74, 6) is -0.169. The number of hydrogen-bond acceptors (Lipinski definition) is 1. The lowest BCUT2D eigenvalue weighted by atomic mass is 10.0. The highest BCUT2D eigenvalue weighted by atomic mass is 19.1. The van der Waals surface area contributed by atoms with E-state index in [9.17, 15) is 4.39 Å². The number of halogens is 1. The lowest BCUT2D eigenvalue weighted by Crippen LogP contribution is -2.27. The molecule has 2 nitrogen and oxygen atoms in total. The topological polar surface area (TPSA) is 27.8 Å². The predicted molar refractivity (Wildman–Crippen MR) is 74.3 cm³/mol. The minimum atomic E-state index is -0.169. The van der Waals surface area contributed by atoms with E-state index < -0.39 is 0 Å². The van der Waals surface area contributed by atoms with Crippen LogP contribution in [-0.2, 0) is 6.42 Å². The van der Waals surface area contributed by atoms with Gasteiger partial charge < -0.3 is 10.3 Å². The summed E-state index contributed by atoms with van der Waals surface area (Å²) >= 11 is 0. The summed E-state index contributed by atoms with van der Waals surface area (Å²) in [6.07, 6.45) is 6.54. The van der Waals surface area contributed by atoms with Crippen LogP contribution in [0.1, 0.15) is 31.7 Å². The highest BCUT2D eigenvalue weighted by Crippen LogP contribution is 2.21. The molecule has 0 aliphatic carbocycles. The van der Waals surface area contributed by atoms with Crippen LogP contribution in [0.15, 0.2) is 24.4 Å². The molecule has 1 atom stereocenters. The van der Waals surface area contributed by atoms with Gasteiger partial charge in [-0.05, 0) is 43.7 Å². The zero-order valence-corrected chi connectivity index (χ0v) is 11.1. The van der Waals surface area contributed by atoms with E-state index in [0.29, 0.717) is 6.04 Å². The smallest absolute Gasteiger partial charge is 0.123 e. The Morgan fingerprint density at radius 3 is 2.94 bits per heavy atom. The van der Waals surface area contributed by atoms with Gasteiger partial charge in [0.2, 0.25) is 0 Å². The fourth-order valence-corrected chi connectivity index (χ4v) is 2.38. The molecule has 2 aromatic rings. The Morgan fingerprint density at radius 2 is 2.22 bits per heavy atom. The molecular formula is C15H21FN2. The van der Waals surface area contributed by atoms with E-state index in [0.717, 1.165) is 23.7 Å². The monoisotopic (exact) mass is 248 g/mol. The number of unbranched alkanes of at least 4 members (excludes halogenated alkanes) is 1. The average Bonchev–Trinajstić information content (AvgIpc) is 2.77. The van der Waals surface area contributed by atoms with Crippen molar-refractivity contribution in [2.24, 2.45) is 0 Å². The fourth-order valence-electron chi connectivity index (χ4n) is 2.38. The van der Waals surface area contributed by atoms with Gasteiger partial charge >= 0.3 is 0 Å². The molecule has 2 N–H and O–H groups in total. The summed E-state index contributed by atoms with van der Waals surface area (Å²) in [5.41, 5.74) is 2.21. The van der Waals surface area contributed by atoms with Crippen molar-refractivity contribution in [3.8, 4) is 0 Å². The number of aromatic amines is 1. The summed E-state index contributed by atoms with van der Waals surface area (Å²) in [6, 6.07) is 5.38. The van der Waals surface area contributed by atoms with Crippen molar-refractivity contribution in [1.82, 2.24) is 10.3 Å². The third kappa shape index (κ3) is 2.91. The molecule has 1 heterocycles. The van der Waals surface area contributed by atoms with Gasteiger partial charge in [0, 0.05) is 23.1 Å². The molecule has 18 heavy (non-hydrogen) atoms. The zero-order chi connectivity index (χ0) is 13.0. The van der Waals surface area contributed by atoms with E-state index >= 15 is 0 Å². The Kier molecular flexibility index (Phi) is 4.37. The van der Waals surface area contributed by atoms with E-state index in [1.54, 1.807) is 12.1 Å². The third-order valence-corrected chi connectivity index (χ3v) is 3.51. The van der Waals surface area contributed by atoms with Crippen molar-refractivity contribution in [2.75, 3.05) is 7.05 Å². The van der Waals surface area contributed by atoms with Gasteiger partial charge in [-0.3, -0.25) is 0 Å². The van der Waals surface area contributed by atoms with Crippen molar-refractivity contribution in [3.05, 3.63) is 35.8 Å². The molecule has 98 valence electrons. The Hall–Kier alpha value is -1.35. The highest BCUT2D eigenvalue weighted by molar-refractivity contribution is 5.83. The summed E-state index contributed by atoms with van der Waals surface area (Å²) in [5, 5.41) is 4.35. The van der Waals surface area contributed by atoms with Crippen molar-refractivity contribution in [3.63, 3.8) is 0 Å². The van der Waals surface area contributed by atoms with E-state index in [1.807, 2.05) is 13.2 Å². The first kappa shape index (κ1) is 13.1. The van der Waals surface area contributed by atoms with Crippen LogP contribution in [-0.4, -0.2) is 18.1 Å². The first-order chi connectivity index (χ1) is 8.74. The van der Waals surface area contributed by atoms with Crippen LogP contribution >= 0.6 is 0 Å². The Labute approximate surface area is 108 Å². The largest absolute Gasteiger partial charge is 0.361 e. The van der Waals surface area contributed by atoms with Crippen LogP contribution < -0.4 is 5.32 Å². The van der Waals surface area contributed by atoms with E-state index in [1.165, 1.54) is 24.5 Å². The molecule has 1 unspecified atom stereocenters. The summed E-state index contributed by atoms with van der Waals surface area (Å²) in [7, 11) is 2.00. The minimum Gasteiger partial charge on any atom is -0.361 e. The highest BCUT2D eigenvalue weighted by Gasteiger charge is 2.11.